The van der Waals surface area contributed by atoms with E-state index in [1.165, 1.54) is 0 Å². The molecule has 1 aliphatic heterocycles. The van der Waals surface area contributed by atoms with Crippen LogP contribution in [-0.4, -0.2) is 32.9 Å². The molecule has 0 atom stereocenters. The third kappa shape index (κ3) is 1.86. The number of rotatable bonds is 1. The van der Waals surface area contributed by atoms with Crippen LogP contribution in [0.15, 0.2) is 18.6 Å². The van der Waals surface area contributed by atoms with Crippen molar-refractivity contribution in [1.29, 1.82) is 0 Å². The second kappa shape index (κ2) is 3.80. The molecule has 2 aromatic rings. The minimum atomic E-state index is -0.362. The Morgan fingerprint density at radius 2 is 1.79 bits per heavy atom. The van der Waals surface area contributed by atoms with E-state index in [4.69, 9.17) is 9.31 Å². The van der Waals surface area contributed by atoms with Gasteiger partial charge in [-0.3, -0.25) is 0 Å². The molecule has 0 N–H and O–H groups in total. The lowest BCUT2D eigenvalue weighted by molar-refractivity contribution is 0.00578. The first-order valence-corrected chi connectivity index (χ1v) is 6.46. The average molecular weight is 259 g/mol. The van der Waals surface area contributed by atoms with Gasteiger partial charge in [0.25, 0.3) is 0 Å². The van der Waals surface area contributed by atoms with Crippen molar-refractivity contribution in [3.05, 3.63) is 24.2 Å². The maximum Gasteiger partial charge on any atom is 0.496 e. The molecule has 0 bridgehead atoms. The zero-order valence-electron chi connectivity index (χ0n) is 12.0. The van der Waals surface area contributed by atoms with Crippen LogP contribution in [0.5, 0.6) is 0 Å². The Hall–Kier alpha value is -1.40. The van der Waals surface area contributed by atoms with Crippen LogP contribution >= 0.6 is 0 Å². The number of hydrogen-bond acceptors (Lipinski definition) is 4. The smallest absolute Gasteiger partial charge is 0.399 e. The predicted molar refractivity (Wildman–Crippen MR) is 73.4 cm³/mol. The molecule has 3 rings (SSSR count). The SMILES string of the molecule is Cc1cc2ncnn2cc1B1OC(C)(C)C(C)(C)O1. The molecule has 0 unspecified atom stereocenters. The van der Waals surface area contributed by atoms with Crippen molar-refractivity contribution in [2.75, 3.05) is 0 Å². The van der Waals surface area contributed by atoms with Gasteiger partial charge in [-0.15, -0.1) is 0 Å². The fourth-order valence-corrected chi connectivity index (χ4v) is 2.19. The molecule has 19 heavy (non-hydrogen) atoms. The summed E-state index contributed by atoms with van der Waals surface area (Å²) in [4.78, 5) is 4.17. The number of fused-ring (bicyclic) bond motifs is 1. The quantitative estimate of drug-likeness (QED) is 0.725. The second-order valence-corrected chi connectivity index (χ2v) is 6.06. The molecule has 1 saturated heterocycles. The molecule has 3 heterocycles. The van der Waals surface area contributed by atoms with Crippen molar-refractivity contribution in [3.63, 3.8) is 0 Å². The molecule has 0 amide bonds. The lowest BCUT2D eigenvalue weighted by Gasteiger charge is -2.32. The zero-order valence-corrected chi connectivity index (χ0v) is 12.0. The third-order valence-corrected chi connectivity index (χ3v) is 4.17. The number of hydrogen-bond donors (Lipinski definition) is 0. The predicted octanol–water partition coefficient (Wildman–Crippen LogP) is 1.34. The van der Waals surface area contributed by atoms with E-state index >= 15 is 0 Å². The van der Waals surface area contributed by atoms with Crippen molar-refractivity contribution in [1.82, 2.24) is 14.6 Å². The van der Waals surface area contributed by atoms with Crippen LogP contribution in [0.1, 0.15) is 33.3 Å². The summed E-state index contributed by atoms with van der Waals surface area (Å²) in [6, 6.07) is 1.99. The summed E-state index contributed by atoms with van der Waals surface area (Å²) < 4.78 is 13.9. The van der Waals surface area contributed by atoms with Gasteiger partial charge in [-0.2, -0.15) is 5.10 Å². The van der Waals surface area contributed by atoms with Gasteiger partial charge >= 0.3 is 7.12 Å². The van der Waals surface area contributed by atoms with Crippen molar-refractivity contribution in [3.8, 4) is 0 Å². The number of pyridine rings is 1. The molecule has 1 aliphatic rings. The summed E-state index contributed by atoms with van der Waals surface area (Å²) in [5.74, 6) is 0. The highest BCUT2D eigenvalue weighted by molar-refractivity contribution is 6.62. The first-order chi connectivity index (χ1) is 8.80. The Balaban J connectivity index is 2.04. The Bertz CT molecular complexity index is 620. The summed E-state index contributed by atoms with van der Waals surface area (Å²) in [5.41, 5.74) is 2.26. The van der Waals surface area contributed by atoms with Crippen LogP contribution in [0.3, 0.4) is 0 Å². The first kappa shape index (κ1) is 12.6. The molecule has 0 radical (unpaired) electrons. The maximum absolute atomic E-state index is 6.07. The molecular formula is C13H18BN3O2. The molecule has 0 aromatic carbocycles. The number of aryl methyl sites for hydroxylation is 1. The molecule has 1 fully saturated rings. The van der Waals surface area contributed by atoms with Gasteiger partial charge in [0.15, 0.2) is 5.65 Å². The summed E-state index contributed by atoms with van der Waals surface area (Å²) >= 11 is 0. The summed E-state index contributed by atoms with van der Waals surface area (Å²) in [7, 11) is -0.362. The largest absolute Gasteiger partial charge is 0.496 e. The van der Waals surface area contributed by atoms with E-state index in [1.807, 2.05) is 19.2 Å². The Kier molecular flexibility index (Phi) is 2.53. The molecule has 6 heteroatoms. The first-order valence-electron chi connectivity index (χ1n) is 6.46. The summed E-state index contributed by atoms with van der Waals surface area (Å²) in [6.07, 6.45) is 3.47. The Labute approximate surface area is 113 Å². The zero-order chi connectivity index (χ0) is 13.8. The Morgan fingerprint density at radius 1 is 1.16 bits per heavy atom. The van der Waals surface area contributed by atoms with Gasteiger partial charge in [0.05, 0.1) is 11.2 Å². The third-order valence-electron chi connectivity index (χ3n) is 4.17. The van der Waals surface area contributed by atoms with Crippen molar-refractivity contribution in [2.45, 2.75) is 45.8 Å². The van der Waals surface area contributed by atoms with Crippen LogP contribution in [0.4, 0.5) is 0 Å². The number of aromatic nitrogens is 3. The maximum atomic E-state index is 6.07. The Morgan fingerprint density at radius 3 is 2.42 bits per heavy atom. The molecular weight excluding hydrogens is 241 g/mol. The lowest BCUT2D eigenvalue weighted by atomic mass is 9.77. The van der Waals surface area contributed by atoms with Crippen LogP contribution in [0.2, 0.25) is 0 Å². The van der Waals surface area contributed by atoms with Crippen LogP contribution in [-0.2, 0) is 9.31 Å². The van der Waals surface area contributed by atoms with Gasteiger partial charge < -0.3 is 9.31 Å². The fraction of sp³-hybridized carbons (Fsp3) is 0.538. The normalized spacial score (nSPS) is 21.2. The highest BCUT2D eigenvalue weighted by Crippen LogP contribution is 2.36. The van der Waals surface area contributed by atoms with Gasteiger partial charge in [0.2, 0.25) is 0 Å². The number of nitrogens with zero attached hydrogens (tertiary/aromatic N) is 3. The molecule has 0 saturated carbocycles. The molecule has 0 aliphatic carbocycles. The van der Waals surface area contributed by atoms with E-state index < -0.39 is 0 Å². The van der Waals surface area contributed by atoms with Gasteiger partial charge in [0, 0.05) is 11.7 Å². The van der Waals surface area contributed by atoms with Crippen LogP contribution < -0.4 is 5.46 Å². The van der Waals surface area contributed by atoms with E-state index in [0.717, 1.165) is 16.7 Å². The van der Waals surface area contributed by atoms with Crippen molar-refractivity contribution >= 4 is 18.2 Å². The van der Waals surface area contributed by atoms with Gasteiger partial charge in [0.1, 0.15) is 6.33 Å². The fourth-order valence-electron chi connectivity index (χ4n) is 2.19. The summed E-state index contributed by atoms with van der Waals surface area (Å²) in [6.45, 7) is 10.2. The minimum Gasteiger partial charge on any atom is -0.399 e. The molecule has 100 valence electrons. The highest BCUT2D eigenvalue weighted by Gasteiger charge is 2.52. The van der Waals surface area contributed by atoms with E-state index in [9.17, 15) is 0 Å². The van der Waals surface area contributed by atoms with Gasteiger partial charge in [-0.05, 0) is 46.2 Å². The van der Waals surface area contributed by atoms with Gasteiger partial charge in [-0.1, -0.05) is 0 Å². The van der Waals surface area contributed by atoms with Gasteiger partial charge in [-0.25, -0.2) is 9.50 Å². The van der Waals surface area contributed by atoms with Crippen LogP contribution in [0, 0.1) is 6.92 Å². The van der Waals surface area contributed by atoms with E-state index in [2.05, 4.69) is 37.8 Å². The van der Waals surface area contributed by atoms with E-state index in [1.54, 1.807) is 10.8 Å². The second-order valence-electron chi connectivity index (χ2n) is 6.06. The van der Waals surface area contributed by atoms with Crippen molar-refractivity contribution in [2.24, 2.45) is 0 Å². The van der Waals surface area contributed by atoms with Crippen molar-refractivity contribution < 1.29 is 9.31 Å². The minimum absolute atomic E-state index is 0.332. The highest BCUT2D eigenvalue weighted by atomic mass is 16.7. The molecule has 0 spiro atoms. The molecule has 2 aromatic heterocycles. The average Bonchev–Trinajstić information content (AvgIpc) is 2.80. The van der Waals surface area contributed by atoms with E-state index in [0.29, 0.717) is 0 Å². The monoisotopic (exact) mass is 259 g/mol. The van der Waals surface area contributed by atoms with Crippen LogP contribution in [0.25, 0.3) is 5.65 Å². The summed E-state index contributed by atoms with van der Waals surface area (Å²) in [5, 5.41) is 4.16. The lowest BCUT2D eigenvalue weighted by Crippen LogP contribution is -2.41. The van der Waals surface area contributed by atoms with E-state index in [-0.39, 0.29) is 18.3 Å². The molecule has 5 nitrogen and oxygen atoms in total. The standard InChI is InChI=1S/C13H18BN3O2/c1-9-6-11-15-8-16-17(11)7-10(9)14-18-12(2,3)13(4,5)19-14/h6-8H,1-5H3. The topological polar surface area (TPSA) is 48.7 Å².